The second-order valence-corrected chi connectivity index (χ2v) is 6.38. The molecule has 7 nitrogen and oxygen atoms in total. The summed E-state index contributed by atoms with van der Waals surface area (Å²) in [6, 6.07) is 13.8. The molecule has 0 radical (unpaired) electrons. The van der Waals surface area contributed by atoms with Gasteiger partial charge in [0.15, 0.2) is 17.1 Å². The predicted octanol–water partition coefficient (Wildman–Crippen LogP) is 3.75. The van der Waals surface area contributed by atoms with Crippen LogP contribution in [0.3, 0.4) is 0 Å². The van der Waals surface area contributed by atoms with Gasteiger partial charge in [0.2, 0.25) is 6.79 Å². The summed E-state index contributed by atoms with van der Waals surface area (Å²) in [7, 11) is 1.66. The lowest BCUT2D eigenvalue weighted by atomic mass is 10.1. The normalized spacial score (nSPS) is 12.3. The Morgan fingerprint density at radius 3 is 2.82 bits per heavy atom. The highest BCUT2D eigenvalue weighted by atomic mass is 16.7. The van der Waals surface area contributed by atoms with Crippen LogP contribution in [-0.2, 0) is 6.54 Å². The summed E-state index contributed by atoms with van der Waals surface area (Å²) >= 11 is 0. The van der Waals surface area contributed by atoms with Gasteiger partial charge in [0.05, 0.1) is 13.3 Å². The van der Waals surface area contributed by atoms with Crippen LogP contribution in [-0.4, -0.2) is 28.3 Å². The van der Waals surface area contributed by atoms with Gasteiger partial charge >= 0.3 is 0 Å². The minimum absolute atomic E-state index is 0.272. The SMILES string of the molecule is COc1ccc(-c2nc3cnccn3c2NCc2ccc3c(c2)OCO3)cc1. The second-order valence-electron chi connectivity index (χ2n) is 6.38. The van der Waals surface area contributed by atoms with Gasteiger partial charge < -0.3 is 19.5 Å². The van der Waals surface area contributed by atoms with Crippen molar-refractivity contribution in [2.75, 3.05) is 19.2 Å². The van der Waals surface area contributed by atoms with Crippen LogP contribution in [0.15, 0.2) is 61.1 Å². The highest BCUT2D eigenvalue weighted by molar-refractivity contribution is 5.76. The molecule has 2 aromatic carbocycles. The fraction of sp³-hybridized carbons (Fsp3) is 0.143. The van der Waals surface area contributed by atoms with E-state index in [4.69, 9.17) is 19.2 Å². The largest absolute Gasteiger partial charge is 0.497 e. The van der Waals surface area contributed by atoms with Gasteiger partial charge in [-0.25, -0.2) is 4.98 Å². The molecule has 5 rings (SSSR count). The Morgan fingerprint density at radius 1 is 1.11 bits per heavy atom. The summed E-state index contributed by atoms with van der Waals surface area (Å²) in [6.07, 6.45) is 5.40. The van der Waals surface area contributed by atoms with E-state index < -0.39 is 0 Å². The Bertz CT molecular complexity index is 1140. The second kappa shape index (κ2) is 6.77. The summed E-state index contributed by atoms with van der Waals surface area (Å²) in [5, 5.41) is 3.52. The zero-order valence-corrected chi connectivity index (χ0v) is 15.3. The zero-order chi connectivity index (χ0) is 18.9. The molecule has 2 aromatic heterocycles. The van der Waals surface area contributed by atoms with Crippen LogP contribution >= 0.6 is 0 Å². The lowest BCUT2D eigenvalue weighted by Crippen LogP contribution is -2.03. The molecular formula is C21H18N4O3. The first kappa shape index (κ1) is 16.4. The minimum atomic E-state index is 0.272. The van der Waals surface area contributed by atoms with Gasteiger partial charge in [0.25, 0.3) is 0 Å². The van der Waals surface area contributed by atoms with Crippen LogP contribution in [0.25, 0.3) is 16.9 Å². The van der Waals surface area contributed by atoms with Crippen LogP contribution in [0, 0.1) is 0 Å². The van der Waals surface area contributed by atoms with E-state index in [-0.39, 0.29) is 6.79 Å². The number of imidazole rings is 1. The molecule has 0 saturated carbocycles. The fourth-order valence-corrected chi connectivity index (χ4v) is 3.26. The van der Waals surface area contributed by atoms with Crippen LogP contribution in [0.4, 0.5) is 5.82 Å². The van der Waals surface area contributed by atoms with Crippen molar-refractivity contribution in [1.29, 1.82) is 0 Å². The number of ether oxygens (including phenoxy) is 3. The van der Waals surface area contributed by atoms with E-state index in [0.717, 1.165) is 45.5 Å². The molecular weight excluding hydrogens is 356 g/mol. The molecule has 3 heterocycles. The van der Waals surface area contributed by atoms with Crippen molar-refractivity contribution in [3.8, 4) is 28.5 Å². The van der Waals surface area contributed by atoms with Crippen molar-refractivity contribution in [2.24, 2.45) is 0 Å². The van der Waals surface area contributed by atoms with Crippen LogP contribution in [0.5, 0.6) is 17.2 Å². The maximum absolute atomic E-state index is 5.47. The Labute approximate surface area is 161 Å². The highest BCUT2D eigenvalue weighted by Gasteiger charge is 2.16. The fourth-order valence-electron chi connectivity index (χ4n) is 3.26. The molecule has 7 heteroatoms. The molecule has 0 saturated heterocycles. The third kappa shape index (κ3) is 2.87. The summed E-state index contributed by atoms with van der Waals surface area (Å²) in [4.78, 5) is 8.95. The highest BCUT2D eigenvalue weighted by Crippen LogP contribution is 2.34. The first-order chi connectivity index (χ1) is 13.8. The minimum Gasteiger partial charge on any atom is -0.497 e. The van der Waals surface area contributed by atoms with Gasteiger partial charge in [-0.15, -0.1) is 0 Å². The quantitative estimate of drug-likeness (QED) is 0.574. The summed E-state index contributed by atoms with van der Waals surface area (Å²) < 4.78 is 18.1. The van der Waals surface area contributed by atoms with Crippen molar-refractivity contribution >= 4 is 11.5 Å². The molecule has 0 aliphatic carbocycles. The number of anilines is 1. The molecule has 1 aliphatic heterocycles. The number of nitrogens with zero attached hydrogens (tertiary/aromatic N) is 3. The maximum Gasteiger partial charge on any atom is 0.231 e. The number of nitrogens with one attached hydrogen (secondary N) is 1. The van der Waals surface area contributed by atoms with Crippen molar-refractivity contribution < 1.29 is 14.2 Å². The Morgan fingerprint density at radius 2 is 1.96 bits per heavy atom. The Balaban J connectivity index is 1.50. The number of rotatable bonds is 5. The third-order valence-corrected chi connectivity index (χ3v) is 4.69. The molecule has 0 unspecified atom stereocenters. The van der Waals surface area contributed by atoms with E-state index >= 15 is 0 Å². The van der Waals surface area contributed by atoms with Crippen LogP contribution in [0.2, 0.25) is 0 Å². The summed E-state index contributed by atoms with van der Waals surface area (Å²) in [6.45, 7) is 0.893. The van der Waals surface area contributed by atoms with Gasteiger partial charge in [-0.3, -0.25) is 9.38 Å². The summed E-state index contributed by atoms with van der Waals surface area (Å²) in [5.41, 5.74) is 3.73. The molecule has 4 aromatic rings. The van der Waals surface area contributed by atoms with E-state index in [9.17, 15) is 0 Å². The first-order valence-corrected chi connectivity index (χ1v) is 8.91. The average Bonchev–Trinajstić information content (AvgIpc) is 3.36. The number of methoxy groups -OCH3 is 1. The van der Waals surface area contributed by atoms with Crippen molar-refractivity contribution in [3.05, 3.63) is 66.6 Å². The van der Waals surface area contributed by atoms with E-state index in [1.54, 1.807) is 19.5 Å². The zero-order valence-electron chi connectivity index (χ0n) is 15.3. The number of hydrogen-bond donors (Lipinski definition) is 1. The lowest BCUT2D eigenvalue weighted by molar-refractivity contribution is 0.174. The van der Waals surface area contributed by atoms with Gasteiger partial charge in [-0.05, 0) is 42.0 Å². The van der Waals surface area contributed by atoms with Crippen molar-refractivity contribution in [1.82, 2.24) is 14.4 Å². The van der Waals surface area contributed by atoms with E-state index in [2.05, 4.69) is 10.3 Å². The monoisotopic (exact) mass is 374 g/mol. The van der Waals surface area contributed by atoms with Gasteiger partial charge in [0.1, 0.15) is 17.3 Å². The number of fused-ring (bicyclic) bond motifs is 2. The number of hydrogen-bond acceptors (Lipinski definition) is 6. The van der Waals surface area contributed by atoms with Crippen molar-refractivity contribution in [3.63, 3.8) is 0 Å². The maximum atomic E-state index is 5.47. The molecule has 0 amide bonds. The van der Waals surface area contributed by atoms with Gasteiger partial charge in [0, 0.05) is 24.5 Å². The van der Waals surface area contributed by atoms with E-state index in [1.807, 2.05) is 53.1 Å². The molecule has 0 fully saturated rings. The Kier molecular flexibility index (Phi) is 3.97. The van der Waals surface area contributed by atoms with Crippen LogP contribution < -0.4 is 19.5 Å². The molecule has 0 atom stereocenters. The Hall–Kier alpha value is -3.74. The van der Waals surface area contributed by atoms with Gasteiger partial charge in [-0.2, -0.15) is 0 Å². The molecule has 140 valence electrons. The molecule has 1 aliphatic rings. The van der Waals surface area contributed by atoms with E-state index in [0.29, 0.717) is 6.54 Å². The molecule has 28 heavy (non-hydrogen) atoms. The molecule has 0 spiro atoms. The predicted molar refractivity (Wildman–Crippen MR) is 105 cm³/mol. The number of benzene rings is 2. The van der Waals surface area contributed by atoms with E-state index in [1.165, 1.54) is 0 Å². The molecule has 0 bridgehead atoms. The molecule has 1 N–H and O–H groups in total. The topological polar surface area (TPSA) is 69.9 Å². The first-order valence-electron chi connectivity index (χ1n) is 8.91. The summed E-state index contributed by atoms with van der Waals surface area (Å²) in [5.74, 6) is 3.27. The number of aromatic nitrogens is 3. The standard InChI is InChI=1S/C21H18N4O3/c1-26-16-5-3-15(4-6-16)20-21(25-9-8-22-12-19(25)24-20)23-11-14-2-7-17-18(10-14)28-13-27-17/h2-10,12,23H,11,13H2,1H3. The smallest absolute Gasteiger partial charge is 0.231 e. The van der Waals surface area contributed by atoms with Gasteiger partial charge in [-0.1, -0.05) is 6.07 Å². The van der Waals surface area contributed by atoms with Crippen LogP contribution in [0.1, 0.15) is 5.56 Å². The average molecular weight is 374 g/mol. The third-order valence-electron chi connectivity index (χ3n) is 4.69. The van der Waals surface area contributed by atoms with Crippen molar-refractivity contribution in [2.45, 2.75) is 6.54 Å². The lowest BCUT2D eigenvalue weighted by Gasteiger charge is -2.10.